The van der Waals surface area contributed by atoms with Crippen molar-refractivity contribution in [2.75, 3.05) is 5.32 Å². The molecule has 8 heteroatoms. The highest BCUT2D eigenvalue weighted by Gasteiger charge is 2.17. The van der Waals surface area contributed by atoms with Gasteiger partial charge in [0.05, 0.1) is 18.4 Å². The van der Waals surface area contributed by atoms with E-state index in [9.17, 15) is 4.79 Å². The molecule has 7 nitrogen and oxygen atoms in total. The lowest BCUT2D eigenvalue weighted by Gasteiger charge is -2.06. The van der Waals surface area contributed by atoms with Gasteiger partial charge in [-0.1, -0.05) is 53.6 Å². The zero-order valence-corrected chi connectivity index (χ0v) is 18.0. The molecule has 0 spiro atoms. The number of benzene rings is 2. The van der Waals surface area contributed by atoms with Crippen LogP contribution in [0.5, 0.6) is 0 Å². The van der Waals surface area contributed by atoms with E-state index in [1.807, 2.05) is 61.5 Å². The first-order valence-corrected chi connectivity index (χ1v) is 10.4. The number of fused-ring (bicyclic) bond motifs is 1. The number of carbonyl (C=O) groups is 1. The molecule has 158 valence electrons. The molecule has 0 saturated heterocycles. The molecule has 0 bridgehead atoms. The van der Waals surface area contributed by atoms with Gasteiger partial charge in [0.1, 0.15) is 5.56 Å². The van der Waals surface area contributed by atoms with Crippen molar-refractivity contribution in [3.05, 3.63) is 101 Å². The number of nitrogens with zero attached hydrogens (tertiary/aromatic N) is 5. The second kappa shape index (κ2) is 8.28. The smallest absolute Gasteiger partial charge is 0.262 e. The van der Waals surface area contributed by atoms with E-state index >= 15 is 0 Å². The third kappa shape index (κ3) is 3.98. The molecule has 3 heterocycles. The van der Waals surface area contributed by atoms with Gasteiger partial charge in [-0.2, -0.15) is 10.2 Å². The monoisotopic (exact) mass is 442 g/mol. The van der Waals surface area contributed by atoms with Gasteiger partial charge in [-0.15, -0.1) is 0 Å². The van der Waals surface area contributed by atoms with Crippen LogP contribution < -0.4 is 5.32 Å². The third-order valence-electron chi connectivity index (χ3n) is 5.11. The third-order valence-corrected chi connectivity index (χ3v) is 5.34. The van der Waals surface area contributed by atoms with Gasteiger partial charge in [-0.3, -0.25) is 9.48 Å². The summed E-state index contributed by atoms with van der Waals surface area (Å²) < 4.78 is 3.42. The van der Waals surface area contributed by atoms with E-state index in [0.29, 0.717) is 28.6 Å². The van der Waals surface area contributed by atoms with Crippen molar-refractivity contribution < 1.29 is 4.79 Å². The van der Waals surface area contributed by atoms with Crippen LogP contribution in [0.25, 0.3) is 16.9 Å². The number of rotatable bonds is 5. The second-order valence-electron chi connectivity index (χ2n) is 7.47. The van der Waals surface area contributed by atoms with Crippen LogP contribution in [0.1, 0.15) is 21.5 Å². The van der Waals surface area contributed by atoms with Crippen LogP contribution in [-0.4, -0.2) is 30.3 Å². The minimum Gasteiger partial charge on any atom is -0.305 e. The molecule has 0 fully saturated rings. The van der Waals surface area contributed by atoms with Crippen molar-refractivity contribution in [1.29, 1.82) is 0 Å². The topological polar surface area (TPSA) is 77.1 Å². The summed E-state index contributed by atoms with van der Waals surface area (Å²) in [4.78, 5) is 17.3. The Kier molecular flexibility index (Phi) is 5.17. The van der Waals surface area contributed by atoms with Crippen LogP contribution in [0.2, 0.25) is 5.02 Å². The fourth-order valence-electron chi connectivity index (χ4n) is 3.52. The fraction of sp³-hybridized carbons (Fsp3) is 0.0833. The van der Waals surface area contributed by atoms with Crippen LogP contribution in [0.4, 0.5) is 5.82 Å². The molecule has 0 radical (unpaired) electrons. The van der Waals surface area contributed by atoms with Crippen LogP contribution in [-0.2, 0) is 6.54 Å². The van der Waals surface area contributed by atoms with Gasteiger partial charge >= 0.3 is 0 Å². The van der Waals surface area contributed by atoms with E-state index in [1.54, 1.807) is 27.7 Å². The maximum absolute atomic E-state index is 12.9. The summed E-state index contributed by atoms with van der Waals surface area (Å²) in [7, 11) is 0. The number of carbonyl (C=O) groups excluding carboxylic acids is 1. The van der Waals surface area contributed by atoms with E-state index in [-0.39, 0.29) is 5.91 Å². The summed E-state index contributed by atoms with van der Waals surface area (Å²) in [5, 5.41) is 12.3. The van der Waals surface area contributed by atoms with Crippen molar-refractivity contribution >= 4 is 29.0 Å². The predicted molar refractivity (Wildman–Crippen MR) is 124 cm³/mol. The molecule has 0 aliphatic rings. The zero-order valence-electron chi connectivity index (χ0n) is 17.2. The predicted octanol–water partition coefficient (Wildman–Crippen LogP) is 4.86. The number of hydrogen-bond donors (Lipinski definition) is 1. The average Bonchev–Trinajstić information content (AvgIpc) is 3.41. The molecule has 5 rings (SSSR count). The SMILES string of the molecule is Cc1ccc(-c2ccnc3c(C(=O)Nc4ccn(Cc5cccc(Cl)c5)n4)cnn23)cc1. The van der Waals surface area contributed by atoms with Crippen molar-refractivity contribution in [2.45, 2.75) is 13.5 Å². The van der Waals surface area contributed by atoms with Gasteiger partial charge in [-0.05, 0) is 30.7 Å². The van der Waals surface area contributed by atoms with Crippen LogP contribution in [0, 0.1) is 6.92 Å². The van der Waals surface area contributed by atoms with Gasteiger partial charge < -0.3 is 5.32 Å². The highest BCUT2D eigenvalue weighted by Crippen LogP contribution is 2.22. The van der Waals surface area contributed by atoms with Crippen molar-refractivity contribution in [3.63, 3.8) is 0 Å². The molecule has 32 heavy (non-hydrogen) atoms. The molecule has 3 aromatic heterocycles. The highest BCUT2D eigenvalue weighted by molar-refractivity contribution is 6.30. The molecule has 0 aliphatic heterocycles. The Balaban J connectivity index is 1.37. The summed E-state index contributed by atoms with van der Waals surface area (Å²) in [6.45, 7) is 2.59. The Bertz CT molecular complexity index is 1420. The second-order valence-corrected chi connectivity index (χ2v) is 7.91. The number of anilines is 1. The van der Waals surface area contributed by atoms with Gasteiger partial charge in [0.15, 0.2) is 11.5 Å². The summed E-state index contributed by atoms with van der Waals surface area (Å²) >= 11 is 6.05. The van der Waals surface area contributed by atoms with E-state index < -0.39 is 0 Å². The Morgan fingerprint density at radius 1 is 1.09 bits per heavy atom. The van der Waals surface area contributed by atoms with Gasteiger partial charge in [-0.25, -0.2) is 9.50 Å². The first-order chi connectivity index (χ1) is 15.6. The van der Waals surface area contributed by atoms with E-state index in [4.69, 9.17) is 11.6 Å². The number of amides is 1. The average molecular weight is 443 g/mol. The molecular formula is C24H19ClN6O. The Morgan fingerprint density at radius 2 is 1.94 bits per heavy atom. The highest BCUT2D eigenvalue weighted by atomic mass is 35.5. The molecule has 0 atom stereocenters. The quantitative estimate of drug-likeness (QED) is 0.422. The maximum Gasteiger partial charge on any atom is 0.262 e. The van der Waals surface area contributed by atoms with Gasteiger partial charge in [0.2, 0.25) is 0 Å². The lowest BCUT2D eigenvalue weighted by molar-refractivity contribution is 0.102. The molecule has 1 N–H and O–H groups in total. The molecule has 0 saturated carbocycles. The lowest BCUT2D eigenvalue weighted by atomic mass is 10.1. The Morgan fingerprint density at radius 3 is 2.75 bits per heavy atom. The molecular weight excluding hydrogens is 424 g/mol. The maximum atomic E-state index is 12.9. The van der Waals surface area contributed by atoms with Crippen molar-refractivity contribution in [2.24, 2.45) is 0 Å². The first-order valence-electron chi connectivity index (χ1n) is 10.1. The number of halogens is 1. The van der Waals surface area contributed by atoms with Crippen LogP contribution in [0.3, 0.4) is 0 Å². The summed E-state index contributed by atoms with van der Waals surface area (Å²) in [5.74, 6) is 0.132. The number of hydrogen-bond acceptors (Lipinski definition) is 4. The lowest BCUT2D eigenvalue weighted by Crippen LogP contribution is -2.13. The van der Waals surface area contributed by atoms with Gasteiger partial charge in [0, 0.05) is 29.0 Å². The number of nitrogens with one attached hydrogen (secondary N) is 1. The van der Waals surface area contributed by atoms with Crippen molar-refractivity contribution in [3.8, 4) is 11.3 Å². The summed E-state index contributed by atoms with van der Waals surface area (Å²) in [6, 6.07) is 19.3. The normalized spacial score (nSPS) is 11.1. The zero-order chi connectivity index (χ0) is 22.1. The van der Waals surface area contributed by atoms with Gasteiger partial charge in [0.25, 0.3) is 5.91 Å². The van der Waals surface area contributed by atoms with Crippen molar-refractivity contribution in [1.82, 2.24) is 24.4 Å². The van der Waals surface area contributed by atoms with Crippen LogP contribution >= 0.6 is 11.6 Å². The fourth-order valence-corrected chi connectivity index (χ4v) is 3.73. The van der Waals surface area contributed by atoms with E-state index in [2.05, 4.69) is 20.5 Å². The summed E-state index contributed by atoms with van der Waals surface area (Å²) in [6.07, 6.45) is 5.02. The molecule has 0 unspecified atom stereocenters. The van der Waals surface area contributed by atoms with E-state index in [0.717, 1.165) is 16.8 Å². The summed E-state index contributed by atoms with van der Waals surface area (Å²) in [5.41, 5.74) is 4.92. The molecule has 5 aromatic rings. The first kappa shape index (κ1) is 20.0. The van der Waals surface area contributed by atoms with Crippen LogP contribution in [0.15, 0.2) is 79.3 Å². The Hall–Kier alpha value is -3.97. The largest absolute Gasteiger partial charge is 0.305 e. The molecule has 1 amide bonds. The number of aryl methyl sites for hydroxylation is 1. The minimum absolute atomic E-state index is 0.318. The molecule has 2 aromatic carbocycles. The number of aromatic nitrogens is 5. The molecule has 0 aliphatic carbocycles. The standard InChI is InChI=1S/C24H19ClN6O/c1-16-5-7-18(8-6-16)21-9-11-26-23-20(14-27-31(21)23)24(32)28-22-10-12-30(29-22)15-17-3-2-4-19(25)13-17/h2-14H,15H2,1H3,(H,28,29,32). The van der Waals surface area contributed by atoms with E-state index in [1.165, 1.54) is 11.8 Å². The minimum atomic E-state index is -0.318. The Labute approximate surface area is 189 Å².